The fraction of sp³-hybridized carbons (Fsp3) is 0.0526. The summed E-state index contributed by atoms with van der Waals surface area (Å²) >= 11 is 0. The first-order valence-corrected chi connectivity index (χ1v) is 21.2. The van der Waals surface area contributed by atoms with Crippen molar-refractivity contribution < 1.29 is 4.42 Å². The molecule has 61 heavy (non-hydrogen) atoms. The van der Waals surface area contributed by atoms with Crippen molar-refractivity contribution >= 4 is 93.6 Å². The van der Waals surface area contributed by atoms with E-state index < -0.39 is 0 Å². The van der Waals surface area contributed by atoms with Crippen LogP contribution < -0.4 is 4.90 Å². The summed E-state index contributed by atoms with van der Waals surface area (Å²) in [6, 6.07) is 69.3. The smallest absolute Gasteiger partial charge is 0.135 e. The molecule has 286 valence electrons. The number of hydrogen-bond donors (Lipinski definition) is 0. The van der Waals surface area contributed by atoms with Gasteiger partial charge in [0.2, 0.25) is 0 Å². The molecular formula is C57H37N3O. The molecule has 4 heterocycles. The van der Waals surface area contributed by atoms with Crippen molar-refractivity contribution in [1.29, 1.82) is 0 Å². The molecule has 0 N–H and O–H groups in total. The van der Waals surface area contributed by atoms with Crippen LogP contribution in [0.1, 0.15) is 25.0 Å². The topological polar surface area (TPSA) is 25.2 Å². The zero-order valence-corrected chi connectivity index (χ0v) is 33.6. The lowest BCUT2D eigenvalue weighted by Gasteiger charge is -2.30. The van der Waals surface area contributed by atoms with Crippen LogP contribution in [0.5, 0.6) is 0 Å². The first-order valence-electron chi connectivity index (χ1n) is 21.2. The van der Waals surface area contributed by atoms with E-state index in [1.54, 1.807) is 0 Å². The highest BCUT2D eigenvalue weighted by Gasteiger charge is 2.36. The van der Waals surface area contributed by atoms with Gasteiger partial charge in [-0.3, -0.25) is 0 Å². The minimum atomic E-state index is -0.147. The number of hydrogen-bond acceptors (Lipinski definition) is 2. The molecule has 0 fully saturated rings. The van der Waals surface area contributed by atoms with Crippen LogP contribution in [0.3, 0.4) is 0 Å². The Labute approximate surface area is 351 Å². The van der Waals surface area contributed by atoms with E-state index in [9.17, 15) is 0 Å². The lowest BCUT2D eigenvalue weighted by atomic mass is 9.82. The molecule has 4 heteroatoms. The fourth-order valence-corrected chi connectivity index (χ4v) is 11.1. The maximum Gasteiger partial charge on any atom is 0.135 e. The van der Waals surface area contributed by atoms with Crippen molar-refractivity contribution in [3.63, 3.8) is 0 Å². The number of benzene rings is 9. The van der Waals surface area contributed by atoms with E-state index in [4.69, 9.17) is 4.42 Å². The van der Waals surface area contributed by atoms with Gasteiger partial charge in [0.15, 0.2) is 0 Å². The molecule has 0 radical (unpaired) electrons. The van der Waals surface area contributed by atoms with Gasteiger partial charge in [-0.05, 0) is 94.5 Å². The van der Waals surface area contributed by atoms with Gasteiger partial charge in [0.1, 0.15) is 11.2 Å². The first-order chi connectivity index (χ1) is 30.0. The Bertz CT molecular complexity index is 3990. The summed E-state index contributed by atoms with van der Waals surface area (Å²) in [6.07, 6.45) is 0. The maximum atomic E-state index is 6.36. The number of furan rings is 1. The average molecular weight is 780 g/mol. The zero-order valence-electron chi connectivity index (χ0n) is 33.6. The fourth-order valence-electron chi connectivity index (χ4n) is 11.1. The second-order valence-corrected chi connectivity index (χ2v) is 17.3. The molecule has 0 saturated heterocycles. The van der Waals surface area contributed by atoms with Crippen LogP contribution in [0.25, 0.3) is 98.8 Å². The molecule has 0 spiro atoms. The molecule has 0 aliphatic heterocycles. The van der Waals surface area contributed by atoms with Crippen molar-refractivity contribution in [3.05, 3.63) is 199 Å². The third-order valence-corrected chi connectivity index (χ3v) is 13.8. The van der Waals surface area contributed by atoms with E-state index in [0.29, 0.717) is 0 Å². The minimum absolute atomic E-state index is 0.147. The summed E-state index contributed by atoms with van der Waals surface area (Å²) in [6.45, 7) is 4.72. The summed E-state index contributed by atoms with van der Waals surface area (Å²) in [4.78, 5) is 2.46. The normalized spacial score (nSPS) is 13.5. The van der Waals surface area contributed by atoms with Gasteiger partial charge in [0, 0.05) is 54.7 Å². The van der Waals surface area contributed by atoms with Gasteiger partial charge in [-0.1, -0.05) is 135 Å². The van der Waals surface area contributed by atoms with Crippen LogP contribution in [-0.4, -0.2) is 8.80 Å². The molecule has 0 saturated carbocycles. The van der Waals surface area contributed by atoms with E-state index in [0.717, 1.165) is 50.1 Å². The number of fused-ring (bicyclic) bond motifs is 15. The van der Waals surface area contributed by atoms with Crippen molar-refractivity contribution in [2.45, 2.75) is 19.3 Å². The third kappa shape index (κ3) is 4.28. The summed E-state index contributed by atoms with van der Waals surface area (Å²) in [5.41, 5.74) is 19.9. The molecule has 13 aromatic rings. The Kier molecular flexibility index (Phi) is 6.33. The molecule has 4 aromatic heterocycles. The van der Waals surface area contributed by atoms with Gasteiger partial charge < -0.3 is 18.1 Å². The molecule has 14 rings (SSSR count). The lowest BCUT2D eigenvalue weighted by Crippen LogP contribution is -2.16. The number of rotatable bonds is 4. The largest absolute Gasteiger partial charge is 0.456 e. The Morgan fingerprint density at radius 3 is 1.77 bits per heavy atom. The van der Waals surface area contributed by atoms with Gasteiger partial charge in [-0.25, -0.2) is 0 Å². The summed E-state index contributed by atoms with van der Waals surface area (Å²) in [7, 11) is 0. The summed E-state index contributed by atoms with van der Waals surface area (Å²) in [5, 5.41) is 7.32. The molecular weight excluding hydrogens is 743 g/mol. The van der Waals surface area contributed by atoms with E-state index in [1.165, 1.54) is 76.9 Å². The predicted octanol–water partition coefficient (Wildman–Crippen LogP) is 15.6. The second-order valence-electron chi connectivity index (χ2n) is 17.3. The number of nitrogens with zero attached hydrogens (tertiary/aromatic N) is 3. The van der Waals surface area contributed by atoms with Crippen LogP contribution in [0.15, 0.2) is 192 Å². The molecule has 1 aliphatic carbocycles. The van der Waals surface area contributed by atoms with Crippen LogP contribution in [0.4, 0.5) is 17.1 Å². The predicted molar refractivity (Wildman–Crippen MR) is 255 cm³/mol. The van der Waals surface area contributed by atoms with Crippen LogP contribution in [0, 0.1) is 0 Å². The summed E-state index contributed by atoms with van der Waals surface area (Å²) in [5.74, 6) is 0. The molecule has 1 aliphatic rings. The summed E-state index contributed by atoms with van der Waals surface area (Å²) < 4.78 is 11.4. The van der Waals surface area contributed by atoms with Crippen LogP contribution >= 0.6 is 0 Å². The van der Waals surface area contributed by atoms with Gasteiger partial charge in [-0.2, -0.15) is 0 Å². The standard InChI is InChI=1S/C57H37N3O/c1-57(2)46-18-8-3-14-38(46)39-26-24-36(33-47(39)57)58(35-25-30-54-45(32-35)42-17-7-12-22-53(42)61-54)48-19-9-4-13-37(48)34-23-29-51-52(31-34)60-50-21-11-6-16-41(50)44-28-27-43-40-15-5-10-20-49(40)59(51)55(43)56(44)60/h3-33H,1-2H3. The molecule has 9 aromatic carbocycles. The van der Waals surface area contributed by atoms with Crippen molar-refractivity contribution in [1.82, 2.24) is 8.80 Å². The lowest BCUT2D eigenvalue weighted by molar-refractivity contribution is 0.660. The first kappa shape index (κ1) is 33.1. The van der Waals surface area contributed by atoms with E-state index in [1.807, 2.05) is 6.07 Å². The van der Waals surface area contributed by atoms with Gasteiger partial charge in [0.05, 0.1) is 38.8 Å². The molecule has 0 bridgehead atoms. The maximum absolute atomic E-state index is 6.36. The van der Waals surface area contributed by atoms with Crippen molar-refractivity contribution in [2.24, 2.45) is 0 Å². The minimum Gasteiger partial charge on any atom is -0.456 e. The molecule has 4 nitrogen and oxygen atoms in total. The van der Waals surface area contributed by atoms with Crippen molar-refractivity contribution in [3.8, 4) is 22.3 Å². The Hall–Kier alpha value is -7.82. The SMILES string of the molecule is CC1(C)c2ccccc2-c2ccc(N(c3ccc4oc5ccccc5c4c3)c3ccccc3-c3ccc4c(c3)n3c5ccccc5c5ccc6c7ccccc7n4c6c53)cc21. The monoisotopic (exact) mass is 779 g/mol. The van der Waals surface area contributed by atoms with E-state index in [-0.39, 0.29) is 5.41 Å². The van der Waals surface area contributed by atoms with E-state index >= 15 is 0 Å². The highest BCUT2D eigenvalue weighted by Crippen LogP contribution is 2.52. The molecule has 0 amide bonds. The average Bonchev–Trinajstić information content (AvgIpc) is 4.02. The number of para-hydroxylation sites is 4. The Balaban J connectivity index is 1.05. The quantitative estimate of drug-likeness (QED) is 0.166. The number of anilines is 3. The van der Waals surface area contributed by atoms with Gasteiger partial charge in [-0.15, -0.1) is 0 Å². The van der Waals surface area contributed by atoms with Crippen LogP contribution in [0.2, 0.25) is 0 Å². The Morgan fingerprint density at radius 2 is 0.984 bits per heavy atom. The highest BCUT2D eigenvalue weighted by molar-refractivity contribution is 6.25. The number of aromatic nitrogens is 2. The van der Waals surface area contributed by atoms with Crippen LogP contribution in [-0.2, 0) is 5.41 Å². The Morgan fingerprint density at radius 1 is 0.393 bits per heavy atom. The van der Waals surface area contributed by atoms with Crippen molar-refractivity contribution in [2.75, 3.05) is 4.90 Å². The van der Waals surface area contributed by atoms with E-state index in [2.05, 4.69) is 210 Å². The van der Waals surface area contributed by atoms with Gasteiger partial charge in [0.25, 0.3) is 0 Å². The zero-order chi connectivity index (χ0) is 40.1. The molecule has 0 atom stereocenters. The highest BCUT2D eigenvalue weighted by atomic mass is 16.3. The molecule has 0 unspecified atom stereocenters. The second kappa shape index (κ2) is 11.7. The third-order valence-electron chi connectivity index (χ3n) is 13.8. The van der Waals surface area contributed by atoms with Gasteiger partial charge >= 0.3 is 0 Å².